The molecule has 132 valence electrons. The molecule has 0 aliphatic carbocycles. The Bertz CT molecular complexity index is 678. The highest BCUT2D eigenvalue weighted by Gasteiger charge is 2.19. The van der Waals surface area contributed by atoms with Gasteiger partial charge in [-0.25, -0.2) is 4.39 Å². The van der Waals surface area contributed by atoms with E-state index in [0.29, 0.717) is 13.0 Å². The Morgan fingerprint density at radius 2 is 2.21 bits per heavy atom. The van der Waals surface area contributed by atoms with E-state index >= 15 is 0 Å². The van der Waals surface area contributed by atoms with E-state index in [2.05, 4.69) is 15.7 Å². The van der Waals surface area contributed by atoms with Gasteiger partial charge in [0.1, 0.15) is 6.04 Å². The highest BCUT2D eigenvalue weighted by atomic mass is 35.5. The lowest BCUT2D eigenvalue weighted by Crippen LogP contribution is -2.36. The number of nitrogens with zero attached hydrogens (tertiary/aromatic N) is 2. The third-order valence-corrected chi connectivity index (χ3v) is 3.54. The van der Waals surface area contributed by atoms with Crippen LogP contribution in [0.25, 0.3) is 0 Å². The van der Waals surface area contributed by atoms with E-state index in [1.54, 1.807) is 43.3 Å². The summed E-state index contributed by atoms with van der Waals surface area (Å²) in [4.78, 5) is 12.2. The maximum absolute atomic E-state index is 13.6. The van der Waals surface area contributed by atoms with Gasteiger partial charge in [0, 0.05) is 25.4 Å². The average Bonchev–Trinajstić information content (AvgIpc) is 2.94. The summed E-state index contributed by atoms with van der Waals surface area (Å²) in [5.74, 6) is -0.334. The summed E-state index contributed by atoms with van der Waals surface area (Å²) >= 11 is 0. The number of carbonyl (C=O) groups excluding carboxylic acids is 1. The molecule has 8 heteroatoms. The summed E-state index contributed by atoms with van der Waals surface area (Å²) in [5.41, 5.74) is 1.59. The number of aromatic nitrogens is 2. The lowest BCUT2D eigenvalue weighted by atomic mass is 10.1. The molecule has 1 heterocycles. The van der Waals surface area contributed by atoms with Crippen LogP contribution in [0.2, 0.25) is 0 Å². The van der Waals surface area contributed by atoms with Crippen molar-refractivity contribution >= 4 is 18.3 Å². The molecular weight excluding hydrogens is 335 g/mol. The number of benzene rings is 1. The Morgan fingerprint density at radius 3 is 2.75 bits per heavy atom. The van der Waals surface area contributed by atoms with Gasteiger partial charge in [0.2, 0.25) is 5.91 Å². The number of methoxy groups -OCH3 is 1. The molecule has 1 atom stereocenters. The number of aryl methyl sites for hydroxylation is 1. The molecule has 0 aliphatic heterocycles. The van der Waals surface area contributed by atoms with Crippen LogP contribution in [0.15, 0.2) is 30.6 Å². The molecule has 1 aromatic carbocycles. The highest BCUT2D eigenvalue weighted by Crippen LogP contribution is 2.18. The summed E-state index contributed by atoms with van der Waals surface area (Å²) in [6, 6.07) is 4.32. The van der Waals surface area contributed by atoms with E-state index in [4.69, 9.17) is 4.74 Å². The van der Waals surface area contributed by atoms with E-state index in [1.165, 1.54) is 13.2 Å². The fourth-order valence-corrected chi connectivity index (χ4v) is 2.34. The molecule has 0 saturated carbocycles. The maximum Gasteiger partial charge on any atom is 0.241 e. The number of nitrogens with one attached hydrogen (secondary N) is 2. The monoisotopic (exact) mass is 356 g/mol. The van der Waals surface area contributed by atoms with Crippen LogP contribution >= 0.6 is 12.4 Å². The number of likely N-dealkylation sites (N-methyl/N-ethyl adjacent to an activating group) is 1. The van der Waals surface area contributed by atoms with Crippen LogP contribution in [0.5, 0.6) is 5.75 Å². The number of ether oxygens (including phenoxy) is 1. The predicted molar refractivity (Wildman–Crippen MR) is 91.9 cm³/mol. The lowest BCUT2D eigenvalue weighted by molar-refractivity contribution is -0.123. The Labute approximate surface area is 146 Å². The van der Waals surface area contributed by atoms with E-state index in [9.17, 15) is 9.18 Å². The van der Waals surface area contributed by atoms with Gasteiger partial charge >= 0.3 is 0 Å². The molecule has 2 aromatic rings. The number of hydrogen-bond donors (Lipinski definition) is 2. The van der Waals surface area contributed by atoms with Gasteiger partial charge in [-0.3, -0.25) is 9.48 Å². The fraction of sp³-hybridized carbons (Fsp3) is 0.375. The third kappa shape index (κ3) is 4.94. The van der Waals surface area contributed by atoms with E-state index in [-0.39, 0.29) is 24.1 Å². The molecule has 6 nitrogen and oxygen atoms in total. The standard InChI is InChI=1S/C16H21FN4O2.ClH/c1-18-15(12-9-20-21(2)10-12)16(22)19-7-6-11-4-5-14(23-3)13(17)8-11;/h4-5,8-10,15,18H,6-7H2,1-3H3,(H,19,22);1H. The van der Waals surface area contributed by atoms with Crippen LogP contribution in [0.3, 0.4) is 0 Å². The summed E-state index contributed by atoms with van der Waals surface area (Å²) in [7, 11) is 4.94. The van der Waals surface area contributed by atoms with Crippen LogP contribution in [0.4, 0.5) is 4.39 Å². The van der Waals surface area contributed by atoms with Gasteiger partial charge < -0.3 is 15.4 Å². The first-order valence-corrected chi connectivity index (χ1v) is 7.31. The van der Waals surface area contributed by atoms with Gasteiger partial charge in [0.15, 0.2) is 11.6 Å². The minimum Gasteiger partial charge on any atom is -0.494 e. The van der Waals surface area contributed by atoms with Crippen molar-refractivity contribution in [2.75, 3.05) is 20.7 Å². The molecule has 2 N–H and O–H groups in total. The van der Waals surface area contributed by atoms with Crippen molar-refractivity contribution in [3.8, 4) is 5.75 Å². The molecule has 2 rings (SSSR count). The molecule has 0 bridgehead atoms. The Balaban J connectivity index is 0.00000288. The topological polar surface area (TPSA) is 68.2 Å². The highest BCUT2D eigenvalue weighted by molar-refractivity contribution is 5.85. The zero-order chi connectivity index (χ0) is 16.8. The summed E-state index contributed by atoms with van der Waals surface area (Å²) < 4.78 is 20.1. The molecule has 0 fully saturated rings. The Morgan fingerprint density at radius 1 is 1.46 bits per heavy atom. The van der Waals surface area contributed by atoms with Crippen molar-refractivity contribution in [3.05, 3.63) is 47.5 Å². The van der Waals surface area contributed by atoms with Crippen LogP contribution in [-0.2, 0) is 18.3 Å². The number of amides is 1. The van der Waals surface area contributed by atoms with Gasteiger partial charge in [-0.2, -0.15) is 5.10 Å². The van der Waals surface area contributed by atoms with Gasteiger partial charge in [-0.1, -0.05) is 6.07 Å². The SMILES string of the molecule is CNC(C(=O)NCCc1ccc(OC)c(F)c1)c1cnn(C)c1.Cl. The number of halogens is 2. The van der Waals surface area contributed by atoms with Crippen molar-refractivity contribution in [1.29, 1.82) is 0 Å². The molecular formula is C16H22ClFN4O2. The molecule has 1 unspecified atom stereocenters. The van der Waals surface area contributed by atoms with Crippen molar-refractivity contribution in [2.45, 2.75) is 12.5 Å². The minimum atomic E-state index is -0.462. The quantitative estimate of drug-likeness (QED) is 0.791. The van der Waals surface area contributed by atoms with Crippen molar-refractivity contribution < 1.29 is 13.9 Å². The Kier molecular flexibility index (Phi) is 7.67. The predicted octanol–water partition coefficient (Wildman–Crippen LogP) is 1.61. The summed E-state index contributed by atoms with van der Waals surface area (Å²) in [6.07, 6.45) is 3.98. The van der Waals surface area contributed by atoms with Crippen LogP contribution < -0.4 is 15.4 Å². The number of hydrogen-bond acceptors (Lipinski definition) is 4. The van der Waals surface area contributed by atoms with Crippen molar-refractivity contribution in [3.63, 3.8) is 0 Å². The van der Waals surface area contributed by atoms with Gasteiger partial charge in [-0.15, -0.1) is 12.4 Å². The van der Waals surface area contributed by atoms with Crippen molar-refractivity contribution in [2.24, 2.45) is 7.05 Å². The molecule has 1 amide bonds. The Hall–Kier alpha value is -2.12. The van der Waals surface area contributed by atoms with E-state index < -0.39 is 11.9 Å². The molecule has 24 heavy (non-hydrogen) atoms. The number of carbonyl (C=O) groups is 1. The van der Waals surface area contributed by atoms with Crippen LogP contribution in [-0.4, -0.2) is 36.4 Å². The normalized spacial score (nSPS) is 11.5. The van der Waals surface area contributed by atoms with Gasteiger partial charge in [0.25, 0.3) is 0 Å². The third-order valence-electron chi connectivity index (χ3n) is 3.54. The lowest BCUT2D eigenvalue weighted by Gasteiger charge is -2.14. The average molecular weight is 357 g/mol. The maximum atomic E-state index is 13.6. The zero-order valence-electron chi connectivity index (χ0n) is 13.9. The van der Waals surface area contributed by atoms with Gasteiger partial charge in [0.05, 0.1) is 13.3 Å². The second-order valence-corrected chi connectivity index (χ2v) is 5.18. The van der Waals surface area contributed by atoms with Gasteiger partial charge in [-0.05, 0) is 31.2 Å². The smallest absolute Gasteiger partial charge is 0.241 e. The molecule has 0 spiro atoms. The van der Waals surface area contributed by atoms with E-state index in [0.717, 1.165) is 11.1 Å². The molecule has 1 aromatic heterocycles. The van der Waals surface area contributed by atoms with Crippen LogP contribution in [0, 0.1) is 5.82 Å². The fourth-order valence-electron chi connectivity index (χ4n) is 2.34. The molecule has 0 radical (unpaired) electrons. The van der Waals surface area contributed by atoms with E-state index in [1.807, 2.05) is 0 Å². The second kappa shape index (κ2) is 9.24. The summed E-state index contributed by atoms with van der Waals surface area (Å²) in [6.45, 7) is 0.420. The van der Waals surface area contributed by atoms with Crippen LogP contribution in [0.1, 0.15) is 17.2 Å². The first-order chi connectivity index (χ1) is 11.0. The number of rotatable bonds is 7. The second-order valence-electron chi connectivity index (χ2n) is 5.18. The molecule has 0 saturated heterocycles. The summed E-state index contributed by atoms with van der Waals surface area (Å²) in [5, 5.41) is 9.87. The first kappa shape index (κ1) is 19.9. The molecule has 0 aliphatic rings. The zero-order valence-corrected chi connectivity index (χ0v) is 14.7. The van der Waals surface area contributed by atoms with Crippen molar-refractivity contribution in [1.82, 2.24) is 20.4 Å². The first-order valence-electron chi connectivity index (χ1n) is 7.31. The largest absolute Gasteiger partial charge is 0.494 e. The minimum absolute atomic E-state index is 0.